The number of ketones is 1. The van der Waals surface area contributed by atoms with Crippen LogP contribution < -0.4 is 0 Å². The normalized spacial score (nSPS) is 47.7. The fraction of sp³-hybridized carbons (Fsp3) is 0.800. The van der Waals surface area contributed by atoms with Crippen LogP contribution >= 0.6 is 0 Å². The zero-order chi connectivity index (χ0) is 26.4. The number of hydrogen-bond acceptors (Lipinski definition) is 6. The van der Waals surface area contributed by atoms with Gasteiger partial charge in [0.1, 0.15) is 12.2 Å². The van der Waals surface area contributed by atoms with Gasteiger partial charge in [-0.05, 0) is 85.7 Å². The van der Waals surface area contributed by atoms with Crippen molar-refractivity contribution in [3.8, 4) is 0 Å². The molecule has 0 bridgehead atoms. The fourth-order valence-electron chi connectivity index (χ4n) is 9.89. The third kappa shape index (κ3) is 3.26. The second-order valence-electron chi connectivity index (χ2n) is 14.0. The number of aliphatic hydroxyl groups is 1. The summed E-state index contributed by atoms with van der Waals surface area (Å²) in [5.74, 6) is -0.0347. The van der Waals surface area contributed by atoms with Gasteiger partial charge in [0.25, 0.3) is 0 Å². The SMILES string of the molecule is C=C(C)[C@H](CC[C@H]1C(=O)O[C@H]2C[C@]3(C)C4=CC(=O)[C@H]5C(C)(C)[C@@H](O)CC[C@]5(C)[C@H]4CC[C@@]3(C)[C@@H]21)OO. The summed E-state index contributed by atoms with van der Waals surface area (Å²) in [6.07, 6.45) is 6.25. The van der Waals surface area contributed by atoms with Gasteiger partial charge in [0.2, 0.25) is 0 Å². The van der Waals surface area contributed by atoms with Crippen LogP contribution in [0.15, 0.2) is 23.8 Å². The van der Waals surface area contributed by atoms with E-state index in [0.717, 1.165) is 37.7 Å². The molecule has 1 saturated heterocycles. The predicted molar refractivity (Wildman–Crippen MR) is 136 cm³/mol. The number of ether oxygens (including phenoxy) is 1. The minimum atomic E-state index is -0.492. The highest BCUT2D eigenvalue weighted by Crippen LogP contribution is 2.74. The molecule has 36 heavy (non-hydrogen) atoms. The van der Waals surface area contributed by atoms with E-state index in [-0.39, 0.29) is 51.9 Å². The number of aliphatic hydroxyl groups excluding tert-OH is 1. The van der Waals surface area contributed by atoms with Gasteiger partial charge < -0.3 is 9.84 Å². The highest BCUT2D eigenvalue weighted by Gasteiger charge is 2.71. The molecule has 0 unspecified atom stereocenters. The van der Waals surface area contributed by atoms with Crippen molar-refractivity contribution in [2.45, 2.75) is 105 Å². The molecule has 5 rings (SSSR count). The molecule has 1 heterocycles. The molecule has 0 spiro atoms. The molecular weight excluding hydrogens is 456 g/mol. The smallest absolute Gasteiger partial charge is 0.309 e. The summed E-state index contributed by atoms with van der Waals surface area (Å²) in [6.45, 7) is 16.7. The third-order valence-corrected chi connectivity index (χ3v) is 12.0. The third-order valence-electron chi connectivity index (χ3n) is 12.0. The maximum absolute atomic E-state index is 13.8. The Morgan fingerprint density at radius 3 is 2.53 bits per heavy atom. The van der Waals surface area contributed by atoms with E-state index in [1.165, 1.54) is 5.57 Å². The molecular formula is C30H44O6. The van der Waals surface area contributed by atoms with Crippen LogP contribution in [-0.4, -0.2) is 40.4 Å². The molecule has 0 amide bonds. The van der Waals surface area contributed by atoms with Crippen LogP contribution in [0.25, 0.3) is 0 Å². The van der Waals surface area contributed by atoms with E-state index in [1.54, 1.807) is 0 Å². The summed E-state index contributed by atoms with van der Waals surface area (Å²) in [5, 5.41) is 20.1. The molecule has 4 fully saturated rings. The lowest BCUT2D eigenvalue weighted by Gasteiger charge is -2.63. The minimum Gasteiger partial charge on any atom is -0.462 e. The van der Waals surface area contributed by atoms with Gasteiger partial charge in [-0.2, -0.15) is 0 Å². The minimum absolute atomic E-state index is 0.0755. The Bertz CT molecular complexity index is 1010. The standard InChI is InChI=1S/C30H44O6/c1-16(2)21(36-34)9-8-17-24-22(35-26(17)33)15-30(7)19-14-20(31)25-27(3,4)23(32)11-12-28(25,5)18(19)10-13-29(24,30)6/h14,17-18,21-25,32,34H,1,8-13,15H2,2-7H3/t17-,18+,21+,22+,23+,24-,25+,28-,29+,30-/m1/s1. The Balaban J connectivity index is 1.50. The predicted octanol–water partition coefficient (Wildman–Crippen LogP) is 5.50. The Labute approximate surface area is 215 Å². The fourth-order valence-corrected chi connectivity index (χ4v) is 9.89. The Hall–Kier alpha value is -1.50. The first kappa shape index (κ1) is 26.1. The maximum Gasteiger partial charge on any atom is 0.309 e. The lowest BCUT2D eigenvalue weighted by Crippen LogP contribution is -2.60. The molecule has 0 aromatic carbocycles. The molecule has 6 nitrogen and oxygen atoms in total. The lowest BCUT2D eigenvalue weighted by molar-refractivity contribution is -0.270. The van der Waals surface area contributed by atoms with Crippen molar-refractivity contribution in [2.24, 2.45) is 45.3 Å². The molecule has 6 heteroatoms. The number of esters is 1. The van der Waals surface area contributed by atoms with E-state index in [9.17, 15) is 20.0 Å². The van der Waals surface area contributed by atoms with Gasteiger partial charge in [-0.3, -0.25) is 14.8 Å². The summed E-state index contributed by atoms with van der Waals surface area (Å²) in [4.78, 5) is 31.4. The van der Waals surface area contributed by atoms with E-state index in [4.69, 9.17) is 4.74 Å². The topological polar surface area (TPSA) is 93.1 Å². The van der Waals surface area contributed by atoms with Crippen LogP contribution in [0.2, 0.25) is 0 Å². The number of rotatable bonds is 5. The van der Waals surface area contributed by atoms with Crippen molar-refractivity contribution < 1.29 is 29.6 Å². The molecule has 200 valence electrons. The molecule has 2 N–H and O–H groups in total. The zero-order valence-corrected chi connectivity index (χ0v) is 22.8. The number of carbonyl (C=O) groups excluding carboxylic acids is 2. The van der Waals surface area contributed by atoms with Gasteiger partial charge in [-0.15, -0.1) is 0 Å². The lowest BCUT2D eigenvalue weighted by atomic mass is 9.40. The van der Waals surface area contributed by atoms with Gasteiger partial charge >= 0.3 is 5.97 Å². The van der Waals surface area contributed by atoms with Crippen LogP contribution in [0.4, 0.5) is 0 Å². The van der Waals surface area contributed by atoms with Crippen molar-refractivity contribution in [3.05, 3.63) is 23.8 Å². The van der Waals surface area contributed by atoms with Crippen LogP contribution in [0.5, 0.6) is 0 Å². The van der Waals surface area contributed by atoms with Gasteiger partial charge in [0.05, 0.1) is 12.0 Å². The van der Waals surface area contributed by atoms with E-state index in [1.807, 2.05) is 13.0 Å². The van der Waals surface area contributed by atoms with Crippen LogP contribution in [0.1, 0.15) is 86.5 Å². The summed E-state index contributed by atoms with van der Waals surface area (Å²) in [7, 11) is 0. The quantitative estimate of drug-likeness (QED) is 0.224. The first-order valence-electron chi connectivity index (χ1n) is 13.8. The van der Waals surface area contributed by atoms with Crippen LogP contribution in [-0.2, 0) is 19.2 Å². The summed E-state index contributed by atoms with van der Waals surface area (Å²) >= 11 is 0. The van der Waals surface area contributed by atoms with Crippen LogP contribution in [0, 0.1) is 45.3 Å². The van der Waals surface area contributed by atoms with Gasteiger partial charge in [-0.1, -0.05) is 46.8 Å². The van der Waals surface area contributed by atoms with Crippen molar-refractivity contribution in [1.82, 2.24) is 0 Å². The van der Waals surface area contributed by atoms with Crippen molar-refractivity contribution in [1.29, 1.82) is 0 Å². The maximum atomic E-state index is 13.8. The molecule has 1 aliphatic heterocycles. The molecule has 10 atom stereocenters. The van der Waals surface area contributed by atoms with Crippen molar-refractivity contribution >= 4 is 11.8 Å². The molecule has 0 aromatic heterocycles. The van der Waals surface area contributed by atoms with Crippen LogP contribution in [0.3, 0.4) is 0 Å². The van der Waals surface area contributed by atoms with E-state index < -0.39 is 17.6 Å². The largest absolute Gasteiger partial charge is 0.462 e. The molecule has 3 saturated carbocycles. The van der Waals surface area contributed by atoms with E-state index in [0.29, 0.717) is 18.8 Å². The number of carbonyl (C=O) groups is 2. The monoisotopic (exact) mass is 500 g/mol. The molecule has 5 aliphatic rings. The number of allylic oxidation sites excluding steroid dienone is 2. The van der Waals surface area contributed by atoms with Gasteiger partial charge in [0, 0.05) is 17.3 Å². The molecule has 0 aromatic rings. The zero-order valence-electron chi connectivity index (χ0n) is 22.8. The van der Waals surface area contributed by atoms with Crippen molar-refractivity contribution in [2.75, 3.05) is 0 Å². The number of fused-ring (bicyclic) bond motifs is 7. The second kappa shape index (κ2) is 8.25. The summed E-state index contributed by atoms with van der Waals surface area (Å²) in [6, 6.07) is 0. The first-order chi connectivity index (χ1) is 16.7. The van der Waals surface area contributed by atoms with Gasteiger partial charge in [0.15, 0.2) is 5.78 Å². The first-order valence-corrected chi connectivity index (χ1v) is 13.8. The Kier molecular flexibility index (Phi) is 5.98. The van der Waals surface area contributed by atoms with Gasteiger partial charge in [-0.25, -0.2) is 4.89 Å². The Morgan fingerprint density at radius 1 is 1.19 bits per heavy atom. The molecule has 0 radical (unpaired) electrons. The molecule has 4 aliphatic carbocycles. The average molecular weight is 501 g/mol. The summed E-state index contributed by atoms with van der Waals surface area (Å²) < 4.78 is 6.02. The second-order valence-corrected chi connectivity index (χ2v) is 14.0. The highest BCUT2D eigenvalue weighted by molar-refractivity contribution is 5.95. The Morgan fingerprint density at radius 2 is 1.89 bits per heavy atom. The average Bonchev–Trinajstić information content (AvgIpc) is 3.20. The summed E-state index contributed by atoms with van der Waals surface area (Å²) in [5.41, 5.74) is 0.982. The van der Waals surface area contributed by atoms with E-state index >= 15 is 0 Å². The number of hydrogen-bond donors (Lipinski definition) is 2. The van der Waals surface area contributed by atoms with E-state index in [2.05, 4.69) is 46.1 Å². The van der Waals surface area contributed by atoms with Crippen molar-refractivity contribution in [3.63, 3.8) is 0 Å². The highest BCUT2D eigenvalue weighted by atomic mass is 17.1.